The molecule has 8 heteroatoms. The number of anilines is 1. The number of aliphatic imine (C=N–C) groups is 1. The van der Waals surface area contributed by atoms with Gasteiger partial charge in [0.2, 0.25) is 0 Å². The zero-order valence-electron chi connectivity index (χ0n) is 12.7. The van der Waals surface area contributed by atoms with E-state index in [4.69, 9.17) is 16.7 Å². The van der Waals surface area contributed by atoms with Gasteiger partial charge in [-0.15, -0.1) is 24.0 Å². The van der Waals surface area contributed by atoms with Crippen LogP contribution in [0.1, 0.15) is 43.4 Å². The highest BCUT2D eigenvalue weighted by Gasteiger charge is 2.11. The number of hydrogen-bond acceptors (Lipinski definition) is 4. The van der Waals surface area contributed by atoms with E-state index in [1.54, 1.807) is 0 Å². The molecular weight excluding hydrogens is 393 g/mol. The van der Waals surface area contributed by atoms with Gasteiger partial charge in [-0.05, 0) is 25.7 Å². The monoisotopic (exact) mass is 417 g/mol. The fourth-order valence-electron chi connectivity index (χ4n) is 2.55. The Hall–Kier alpha value is -1.50. The Bertz CT molecular complexity index is 524. The number of halogens is 1. The first-order valence-corrected chi connectivity index (χ1v) is 7.50. The van der Waals surface area contributed by atoms with Gasteiger partial charge in [-0.1, -0.05) is 12.8 Å². The molecule has 2 rings (SSSR count). The van der Waals surface area contributed by atoms with Crippen molar-refractivity contribution in [3.63, 3.8) is 0 Å². The van der Waals surface area contributed by atoms with Crippen LogP contribution in [0, 0.1) is 11.3 Å². The third-order valence-electron chi connectivity index (χ3n) is 3.77. The molecule has 1 aliphatic heterocycles. The van der Waals surface area contributed by atoms with Gasteiger partial charge in [-0.2, -0.15) is 10.4 Å². The molecule has 0 atom stereocenters. The maximum Gasteiger partial charge on any atom is 0.191 e. The average molecular weight is 417 g/mol. The number of H-pyrrole nitrogens is 1. The van der Waals surface area contributed by atoms with Crippen LogP contribution in [0.15, 0.2) is 4.99 Å². The zero-order valence-corrected chi connectivity index (χ0v) is 15.0. The molecule has 0 unspecified atom stereocenters. The number of rotatable bonds is 4. The van der Waals surface area contributed by atoms with E-state index in [0.717, 1.165) is 25.2 Å². The van der Waals surface area contributed by atoms with Gasteiger partial charge in [0.15, 0.2) is 11.8 Å². The molecule has 0 amide bonds. The first-order valence-electron chi connectivity index (χ1n) is 7.50. The van der Waals surface area contributed by atoms with Gasteiger partial charge in [0.1, 0.15) is 11.6 Å². The van der Waals surface area contributed by atoms with Crippen LogP contribution in [0.5, 0.6) is 0 Å². The summed E-state index contributed by atoms with van der Waals surface area (Å²) in [6.07, 6.45) is 6.45. The Morgan fingerprint density at radius 3 is 2.64 bits per heavy atom. The second-order valence-electron chi connectivity index (χ2n) is 5.32. The summed E-state index contributed by atoms with van der Waals surface area (Å²) in [4.78, 5) is 6.61. The molecule has 7 nitrogen and oxygen atoms in total. The van der Waals surface area contributed by atoms with Crippen molar-refractivity contribution < 1.29 is 0 Å². The summed E-state index contributed by atoms with van der Waals surface area (Å²) in [6.45, 7) is 2.65. The number of guanidine groups is 1. The van der Waals surface area contributed by atoms with Crippen molar-refractivity contribution in [1.29, 1.82) is 5.26 Å². The Morgan fingerprint density at radius 2 is 2.00 bits per heavy atom. The molecule has 1 fully saturated rings. The molecular formula is C14H24IN7. The molecule has 1 aliphatic rings. The number of aryl methyl sites for hydroxylation is 1. The van der Waals surface area contributed by atoms with E-state index in [2.05, 4.69) is 26.2 Å². The van der Waals surface area contributed by atoms with Crippen LogP contribution in [0.3, 0.4) is 0 Å². The summed E-state index contributed by atoms with van der Waals surface area (Å²) < 4.78 is 0. The average Bonchev–Trinajstić information content (AvgIpc) is 2.70. The summed E-state index contributed by atoms with van der Waals surface area (Å²) in [5.74, 6) is 0.904. The van der Waals surface area contributed by atoms with Gasteiger partial charge in [-0.3, -0.25) is 10.1 Å². The molecule has 0 spiro atoms. The molecule has 0 aromatic carbocycles. The summed E-state index contributed by atoms with van der Waals surface area (Å²) in [7, 11) is 0. The van der Waals surface area contributed by atoms with Crippen molar-refractivity contribution in [3.05, 3.63) is 11.3 Å². The van der Waals surface area contributed by atoms with Crippen molar-refractivity contribution in [2.75, 3.05) is 25.4 Å². The van der Waals surface area contributed by atoms with Crippen LogP contribution in [0.25, 0.3) is 0 Å². The Morgan fingerprint density at radius 1 is 1.32 bits per heavy atom. The maximum absolute atomic E-state index is 8.99. The highest BCUT2D eigenvalue weighted by atomic mass is 127. The van der Waals surface area contributed by atoms with E-state index in [1.165, 1.54) is 25.7 Å². The van der Waals surface area contributed by atoms with Gasteiger partial charge in [-0.25, -0.2) is 0 Å². The van der Waals surface area contributed by atoms with Crippen molar-refractivity contribution in [2.45, 2.75) is 38.5 Å². The van der Waals surface area contributed by atoms with E-state index < -0.39 is 0 Å². The molecule has 5 N–H and O–H groups in total. The number of nitrogens with zero attached hydrogens (tertiary/aromatic N) is 4. The van der Waals surface area contributed by atoms with Gasteiger partial charge in [0.05, 0.1) is 5.69 Å². The standard InChI is InChI=1S/C14H23N7.HI/c15-10-11-12(19-20-13(11)16)6-5-7-18-14(17)21-8-3-1-2-4-9-21;/h1-9H2,(H2,17,18)(H3,16,19,20);1H. The van der Waals surface area contributed by atoms with Gasteiger partial charge < -0.3 is 16.4 Å². The zero-order chi connectivity index (χ0) is 15.1. The van der Waals surface area contributed by atoms with Gasteiger partial charge >= 0.3 is 0 Å². The number of aromatic amines is 1. The lowest BCUT2D eigenvalue weighted by molar-refractivity contribution is 0.428. The molecule has 1 saturated heterocycles. The lowest BCUT2D eigenvalue weighted by atomic mass is 10.1. The third-order valence-corrected chi connectivity index (χ3v) is 3.77. The third kappa shape index (κ3) is 5.05. The summed E-state index contributed by atoms with van der Waals surface area (Å²) in [6, 6.07) is 2.06. The lowest BCUT2D eigenvalue weighted by Crippen LogP contribution is -2.38. The molecule has 122 valence electrons. The fourth-order valence-corrected chi connectivity index (χ4v) is 2.55. The fraction of sp³-hybridized carbons (Fsp3) is 0.643. The number of nitriles is 1. The predicted octanol–water partition coefficient (Wildman–Crippen LogP) is 1.60. The first kappa shape index (κ1) is 18.5. The first-order chi connectivity index (χ1) is 10.2. The predicted molar refractivity (Wildman–Crippen MR) is 98.0 cm³/mol. The van der Waals surface area contributed by atoms with Crippen LogP contribution in [0.2, 0.25) is 0 Å². The van der Waals surface area contributed by atoms with Crippen LogP contribution >= 0.6 is 24.0 Å². The molecule has 0 aliphatic carbocycles. The molecule has 0 radical (unpaired) electrons. The summed E-state index contributed by atoms with van der Waals surface area (Å²) in [5.41, 5.74) is 12.9. The molecule has 2 heterocycles. The number of nitrogens with one attached hydrogen (secondary N) is 1. The second-order valence-corrected chi connectivity index (χ2v) is 5.32. The Balaban J connectivity index is 0.00000242. The normalized spacial score (nSPS) is 15.8. The lowest BCUT2D eigenvalue weighted by Gasteiger charge is -2.21. The van der Waals surface area contributed by atoms with Crippen molar-refractivity contribution in [2.24, 2.45) is 10.7 Å². The quantitative estimate of drug-likeness (QED) is 0.298. The number of aromatic nitrogens is 2. The Kier molecular flexibility index (Phi) is 8.01. The Labute approximate surface area is 148 Å². The molecule has 22 heavy (non-hydrogen) atoms. The van der Waals surface area contributed by atoms with Crippen LogP contribution in [0.4, 0.5) is 5.82 Å². The minimum Gasteiger partial charge on any atom is -0.381 e. The van der Waals surface area contributed by atoms with Crippen LogP contribution < -0.4 is 11.5 Å². The van der Waals surface area contributed by atoms with Gasteiger partial charge in [0.25, 0.3) is 0 Å². The van der Waals surface area contributed by atoms with Crippen LogP contribution in [-0.2, 0) is 6.42 Å². The highest BCUT2D eigenvalue weighted by molar-refractivity contribution is 14.0. The van der Waals surface area contributed by atoms with Crippen molar-refractivity contribution in [1.82, 2.24) is 15.1 Å². The highest BCUT2D eigenvalue weighted by Crippen LogP contribution is 2.13. The number of nitrogens with two attached hydrogens (primary N) is 2. The summed E-state index contributed by atoms with van der Waals surface area (Å²) in [5, 5.41) is 15.6. The summed E-state index contributed by atoms with van der Waals surface area (Å²) >= 11 is 0. The maximum atomic E-state index is 8.99. The number of likely N-dealkylation sites (tertiary alicyclic amines) is 1. The SMILES string of the molecule is I.N#Cc1c(N)n[nH]c1CCCN=C(N)N1CCCCCC1. The smallest absolute Gasteiger partial charge is 0.191 e. The van der Waals surface area contributed by atoms with E-state index >= 15 is 0 Å². The number of nitrogen functional groups attached to an aromatic ring is 1. The molecule has 0 bridgehead atoms. The topological polar surface area (TPSA) is 120 Å². The van der Waals surface area contributed by atoms with E-state index in [1.807, 2.05) is 0 Å². The second kappa shape index (κ2) is 9.50. The number of hydrogen-bond donors (Lipinski definition) is 3. The molecule has 1 aromatic heterocycles. The van der Waals surface area contributed by atoms with Crippen LogP contribution in [-0.4, -0.2) is 40.7 Å². The largest absolute Gasteiger partial charge is 0.381 e. The van der Waals surface area contributed by atoms with E-state index in [-0.39, 0.29) is 29.8 Å². The molecule has 0 saturated carbocycles. The van der Waals surface area contributed by atoms with E-state index in [0.29, 0.717) is 24.5 Å². The van der Waals surface area contributed by atoms with Crippen molar-refractivity contribution in [3.8, 4) is 6.07 Å². The minimum absolute atomic E-state index is 0. The molecule has 1 aromatic rings. The van der Waals surface area contributed by atoms with E-state index in [9.17, 15) is 0 Å². The van der Waals surface area contributed by atoms with Gasteiger partial charge in [0, 0.05) is 19.6 Å². The minimum atomic E-state index is 0. The van der Waals surface area contributed by atoms with Crippen molar-refractivity contribution >= 4 is 35.8 Å².